The van der Waals surface area contributed by atoms with Crippen LogP contribution in [0.4, 0.5) is 0 Å². The monoisotopic (exact) mass is 264 g/mol. The first-order chi connectivity index (χ1) is 9.17. The minimum Gasteiger partial charge on any atom is -0.353 e. The Kier molecular flexibility index (Phi) is 3.84. The summed E-state index contributed by atoms with van der Waals surface area (Å²) in [6.07, 6.45) is 8.83. The molecule has 4 bridgehead atoms. The molecular formula is C16H28N2O. The van der Waals surface area contributed by atoms with Crippen LogP contribution in [-0.2, 0) is 4.79 Å². The molecule has 0 aromatic heterocycles. The second-order valence-electron chi connectivity index (χ2n) is 7.30. The molecule has 0 spiro atoms. The van der Waals surface area contributed by atoms with Gasteiger partial charge in [-0.1, -0.05) is 6.92 Å². The number of rotatable bonds is 5. The van der Waals surface area contributed by atoms with E-state index in [1.165, 1.54) is 32.1 Å². The summed E-state index contributed by atoms with van der Waals surface area (Å²) in [4.78, 5) is 12.3. The molecule has 4 aliphatic carbocycles. The van der Waals surface area contributed by atoms with E-state index < -0.39 is 0 Å². The van der Waals surface area contributed by atoms with Gasteiger partial charge >= 0.3 is 0 Å². The van der Waals surface area contributed by atoms with Crippen molar-refractivity contribution in [1.29, 1.82) is 0 Å². The molecule has 4 aliphatic rings. The van der Waals surface area contributed by atoms with Crippen molar-refractivity contribution < 1.29 is 4.79 Å². The molecule has 108 valence electrons. The van der Waals surface area contributed by atoms with Crippen LogP contribution in [0.2, 0.25) is 0 Å². The van der Waals surface area contributed by atoms with E-state index in [0.717, 1.165) is 36.5 Å². The molecule has 4 saturated carbocycles. The first kappa shape index (κ1) is 13.4. The van der Waals surface area contributed by atoms with Gasteiger partial charge in [0.2, 0.25) is 5.91 Å². The zero-order chi connectivity index (χ0) is 13.4. The van der Waals surface area contributed by atoms with Crippen molar-refractivity contribution in [3.8, 4) is 0 Å². The van der Waals surface area contributed by atoms with E-state index in [-0.39, 0.29) is 11.8 Å². The molecule has 1 unspecified atom stereocenters. The number of nitrogens with two attached hydrogens (primary N) is 1. The number of carbonyl (C=O) groups is 1. The van der Waals surface area contributed by atoms with E-state index in [1.807, 2.05) is 6.92 Å². The van der Waals surface area contributed by atoms with E-state index in [2.05, 4.69) is 5.32 Å². The van der Waals surface area contributed by atoms with E-state index in [1.54, 1.807) is 0 Å². The molecule has 0 aromatic carbocycles. The molecule has 4 rings (SSSR count). The van der Waals surface area contributed by atoms with E-state index >= 15 is 0 Å². The van der Waals surface area contributed by atoms with Crippen molar-refractivity contribution in [2.75, 3.05) is 6.54 Å². The van der Waals surface area contributed by atoms with Crippen LogP contribution in [-0.4, -0.2) is 18.5 Å². The van der Waals surface area contributed by atoms with Gasteiger partial charge in [0.25, 0.3) is 0 Å². The Labute approximate surface area is 116 Å². The standard InChI is InChI=1S/C16H28N2O/c1-10(3-2-4-17)16(19)18-15-13-6-11-5-12(8-13)9-14(15)7-11/h10-15H,2-9,17H2,1H3,(H,18,19). The molecule has 19 heavy (non-hydrogen) atoms. The molecule has 4 fully saturated rings. The highest BCUT2D eigenvalue weighted by molar-refractivity contribution is 5.78. The minimum atomic E-state index is 0.126. The molecule has 1 amide bonds. The average molecular weight is 264 g/mol. The highest BCUT2D eigenvalue weighted by Gasteiger charge is 2.48. The molecule has 3 N–H and O–H groups in total. The molecular weight excluding hydrogens is 236 g/mol. The number of carbonyl (C=O) groups excluding carboxylic acids is 1. The molecule has 3 nitrogen and oxygen atoms in total. The lowest BCUT2D eigenvalue weighted by atomic mass is 9.54. The Hall–Kier alpha value is -0.570. The maximum Gasteiger partial charge on any atom is 0.223 e. The second kappa shape index (κ2) is 5.43. The third kappa shape index (κ3) is 2.67. The quantitative estimate of drug-likeness (QED) is 0.800. The van der Waals surface area contributed by atoms with Gasteiger partial charge in [-0.3, -0.25) is 4.79 Å². The van der Waals surface area contributed by atoms with Gasteiger partial charge < -0.3 is 11.1 Å². The summed E-state index contributed by atoms with van der Waals surface area (Å²) in [6.45, 7) is 2.73. The number of hydrogen-bond acceptors (Lipinski definition) is 2. The Morgan fingerprint density at radius 2 is 1.74 bits per heavy atom. The maximum atomic E-state index is 12.3. The van der Waals surface area contributed by atoms with Crippen LogP contribution >= 0.6 is 0 Å². The zero-order valence-corrected chi connectivity index (χ0v) is 12.1. The van der Waals surface area contributed by atoms with E-state index in [9.17, 15) is 4.79 Å². The lowest BCUT2D eigenvalue weighted by Gasteiger charge is -2.54. The number of amides is 1. The van der Waals surface area contributed by atoms with E-state index in [0.29, 0.717) is 12.6 Å². The average Bonchev–Trinajstić information content (AvgIpc) is 2.39. The topological polar surface area (TPSA) is 55.1 Å². The molecule has 1 atom stereocenters. The predicted octanol–water partition coefficient (Wildman–Crippen LogP) is 2.30. The summed E-state index contributed by atoms with van der Waals surface area (Å²) in [7, 11) is 0. The fourth-order valence-electron chi connectivity index (χ4n) is 5.02. The van der Waals surface area contributed by atoms with Gasteiger partial charge in [-0.2, -0.15) is 0 Å². The van der Waals surface area contributed by atoms with Crippen LogP contribution in [0.25, 0.3) is 0 Å². The second-order valence-corrected chi connectivity index (χ2v) is 7.30. The first-order valence-electron chi connectivity index (χ1n) is 8.17. The van der Waals surface area contributed by atoms with Crippen LogP contribution in [0, 0.1) is 29.6 Å². The zero-order valence-electron chi connectivity index (χ0n) is 12.1. The molecule has 0 aliphatic heterocycles. The molecule has 0 aromatic rings. The summed E-state index contributed by atoms with van der Waals surface area (Å²) in [6, 6.07) is 0.487. The smallest absolute Gasteiger partial charge is 0.223 e. The third-order valence-electron chi connectivity index (χ3n) is 5.82. The fraction of sp³-hybridized carbons (Fsp3) is 0.938. The van der Waals surface area contributed by atoms with Crippen LogP contribution in [0.15, 0.2) is 0 Å². The van der Waals surface area contributed by atoms with Crippen LogP contribution < -0.4 is 11.1 Å². The molecule has 0 radical (unpaired) electrons. The summed E-state index contributed by atoms with van der Waals surface area (Å²) in [5.74, 6) is 3.91. The van der Waals surface area contributed by atoms with Gasteiger partial charge in [0, 0.05) is 12.0 Å². The maximum absolute atomic E-state index is 12.3. The Balaban J connectivity index is 1.56. The van der Waals surface area contributed by atoms with Gasteiger partial charge in [-0.15, -0.1) is 0 Å². The van der Waals surface area contributed by atoms with Gasteiger partial charge in [0.05, 0.1) is 0 Å². The van der Waals surface area contributed by atoms with Gasteiger partial charge in [0.1, 0.15) is 0 Å². The van der Waals surface area contributed by atoms with E-state index in [4.69, 9.17) is 5.73 Å². The number of hydrogen-bond donors (Lipinski definition) is 2. The van der Waals surface area contributed by atoms with Gasteiger partial charge in [-0.05, 0) is 75.2 Å². The third-order valence-corrected chi connectivity index (χ3v) is 5.82. The van der Waals surface area contributed by atoms with Crippen molar-refractivity contribution in [2.24, 2.45) is 35.3 Å². The summed E-state index contributed by atoms with van der Waals surface area (Å²) < 4.78 is 0. The fourth-order valence-corrected chi connectivity index (χ4v) is 5.02. The lowest BCUT2D eigenvalue weighted by molar-refractivity contribution is -0.128. The van der Waals surface area contributed by atoms with Crippen molar-refractivity contribution in [3.05, 3.63) is 0 Å². The minimum absolute atomic E-state index is 0.126. The van der Waals surface area contributed by atoms with Crippen LogP contribution in [0.3, 0.4) is 0 Å². The van der Waals surface area contributed by atoms with Crippen LogP contribution in [0.1, 0.15) is 51.9 Å². The Bertz CT molecular complexity index is 314. The summed E-state index contributed by atoms with van der Waals surface area (Å²) in [5, 5.41) is 3.39. The summed E-state index contributed by atoms with van der Waals surface area (Å²) in [5.41, 5.74) is 5.52. The number of nitrogens with one attached hydrogen (secondary N) is 1. The van der Waals surface area contributed by atoms with Crippen molar-refractivity contribution in [2.45, 2.75) is 57.9 Å². The van der Waals surface area contributed by atoms with Gasteiger partial charge in [0.15, 0.2) is 0 Å². The van der Waals surface area contributed by atoms with Crippen molar-refractivity contribution in [1.82, 2.24) is 5.32 Å². The predicted molar refractivity (Wildman–Crippen MR) is 76.4 cm³/mol. The molecule has 0 heterocycles. The SMILES string of the molecule is CC(CCCN)C(=O)NC1C2CC3CC(C2)CC1C3. The highest BCUT2D eigenvalue weighted by atomic mass is 16.1. The first-order valence-corrected chi connectivity index (χ1v) is 8.17. The van der Waals surface area contributed by atoms with Gasteiger partial charge in [-0.25, -0.2) is 0 Å². The van der Waals surface area contributed by atoms with Crippen molar-refractivity contribution in [3.63, 3.8) is 0 Å². The normalized spacial score (nSPS) is 41.3. The molecule has 3 heteroatoms. The Morgan fingerprint density at radius 3 is 2.26 bits per heavy atom. The molecule has 0 saturated heterocycles. The van der Waals surface area contributed by atoms with Crippen LogP contribution in [0.5, 0.6) is 0 Å². The van der Waals surface area contributed by atoms with Crippen molar-refractivity contribution >= 4 is 5.91 Å². The largest absolute Gasteiger partial charge is 0.353 e. The lowest BCUT2D eigenvalue weighted by Crippen LogP contribution is -2.56. The summed E-state index contributed by atoms with van der Waals surface area (Å²) >= 11 is 0. The highest BCUT2D eigenvalue weighted by Crippen LogP contribution is 2.53. The Morgan fingerprint density at radius 1 is 1.16 bits per heavy atom.